The van der Waals surface area contributed by atoms with Gasteiger partial charge < -0.3 is 10.2 Å². The number of aryl methyl sites for hydroxylation is 2. The van der Waals surface area contributed by atoms with E-state index in [1.165, 1.54) is 0 Å². The monoisotopic (exact) mass is 377 g/mol. The lowest BCUT2D eigenvalue weighted by Crippen LogP contribution is -2.49. The maximum atomic E-state index is 14.3. The van der Waals surface area contributed by atoms with E-state index in [1.807, 2.05) is 9.80 Å². The Morgan fingerprint density at radius 2 is 1.81 bits per heavy atom. The van der Waals surface area contributed by atoms with E-state index in [0.717, 1.165) is 0 Å². The molecular weight excluding hydrogens is 357 g/mol. The molecule has 1 saturated heterocycles. The molecule has 6 nitrogen and oxygen atoms in total. The van der Waals surface area contributed by atoms with E-state index < -0.39 is 0 Å². The van der Waals surface area contributed by atoms with Gasteiger partial charge in [-0.05, 0) is 38.1 Å². The van der Waals surface area contributed by atoms with Crippen molar-refractivity contribution in [1.29, 1.82) is 0 Å². The third kappa shape index (κ3) is 4.47. The van der Waals surface area contributed by atoms with Crippen molar-refractivity contribution >= 4 is 29.0 Å². The molecule has 0 radical (unpaired) electrons. The molecule has 0 aliphatic carbocycles. The second-order valence-corrected chi connectivity index (χ2v) is 6.75. The summed E-state index contributed by atoms with van der Waals surface area (Å²) in [6.45, 7) is 6.24. The number of hydrogen-bond donors (Lipinski definition) is 1. The summed E-state index contributed by atoms with van der Waals surface area (Å²) >= 11 is 5.84. The molecule has 3 rings (SSSR count). The zero-order chi connectivity index (χ0) is 18.7. The molecule has 1 aliphatic heterocycles. The number of hydrogen-bond acceptors (Lipinski definition) is 5. The van der Waals surface area contributed by atoms with Crippen LogP contribution in [0.3, 0.4) is 0 Å². The Balaban J connectivity index is 1.54. The topological polar surface area (TPSA) is 61.4 Å². The predicted octanol–water partition coefficient (Wildman–Crippen LogP) is 2.65. The number of amides is 1. The number of nitrogens with one attached hydrogen (secondary N) is 1. The number of rotatable bonds is 4. The lowest BCUT2D eigenvalue weighted by atomic mass is 10.2. The van der Waals surface area contributed by atoms with Gasteiger partial charge in [0.2, 0.25) is 5.91 Å². The molecule has 2 aromatic rings. The maximum Gasteiger partial charge on any atom is 0.238 e. The summed E-state index contributed by atoms with van der Waals surface area (Å²) in [4.78, 5) is 24.4. The number of benzene rings is 1. The summed E-state index contributed by atoms with van der Waals surface area (Å²) in [5, 5.41) is 3.48. The Hall–Kier alpha value is -2.25. The average Bonchev–Trinajstić information content (AvgIpc) is 2.61. The quantitative estimate of drug-likeness (QED) is 0.887. The number of anilines is 2. The number of aromatic nitrogens is 2. The minimum atomic E-state index is -0.371. The van der Waals surface area contributed by atoms with Crippen LogP contribution in [0, 0.1) is 19.7 Å². The zero-order valence-corrected chi connectivity index (χ0v) is 15.6. The standard InChI is InChI=1S/C18H21ClFN5O/c1-12-17(20)18(22-13(2)21-12)25-9-7-24(8-10-25)11-16(26)23-15-5-3-14(19)4-6-15/h3-6H,7-11H2,1-2H3,(H,23,26). The lowest BCUT2D eigenvalue weighted by molar-refractivity contribution is -0.117. The molecule has 0 saturated carbocycles. The van der Waals surface area contributed by atoms with Gasteiger partial charge in [0.25, 0.3) is 0 Å². The lowest BCUT2D eigenvalue weighted by Gasteiger charge is -2.35. The highest BCUT2D eigenvalue weighted by atomic mass is 35.5. The molecular formula is C18H21ClFN5O. The summed E-state index contributed by atoms with van der Waals surface area (Å²) in [5.41, 5.74) is 1.07. The summed E-state index contributed by atoms with van der Waals surface area (Å²) in [7, 11) is 0. The smallest absolute Gasteiger partial charge is 0.238 e. The maximum absolute atomic E-state index is 14.3. The Bertz CT molecular complexity index is 791. The molecule has 1 amide bonds. The van der Waals surface area contributed by atoms with Crippen molar-refractivity contribution in [1.82, 2.24) is 14.9 Å². The Labute approximate surface area is 157 Å². The number of piperazine rings is 1. The van der Waals surface area contributed by atoms with Gasteiger partial charge in [-0.1, -0.05) is 11.6 Å². The Morgan fingerprint density at radius 3 is 2.46 bits per heavy atom. The van der Waals surface area contributed by atoms with Gasteiger partial charge in [-0.15, -0.1) is 0 Å². The summed E-state index contributed by atoms with van der Waals surface area (Å²) in [6.07, 6.45) is 0. The van der Waals surface area contributed by atoms with Crippen LogP contribution in [0.25, 0.3) is 0 Å². The molecule has 1 N–H and O–H groups in total. The van der Waals surface area contributed by atoms with Crippen molar-refractivity contribution in [3.8, 4) is 0 Å². The second kappa shape index (κ2) is 7.97. The average molecular weight is 378 g/mol. The van der Waals surface area contributed by atoms with Crippen LogP contribution in [0.1, 0.15) is 11.5 Å². The van der Waals surface area contributed by atoms with Gasteiger partial charge in [0.05, 0.1) is 12.2 Å². The van der Waals surface area contributed by atoms with Gasteiger partial charge in [-0.3, -0.25) is 9.69 Å². The van der Waals surface area contributed by atoms with E-state index in [0.29, 0.717) is 60.8 Å². The van der Waals surface area contributed by atoms with Crippen molar-refractivity contribution in [3.63, 3.8) is 0 Å². The van der Waals surface area contributed by atoms with E-state index >= 15 is 0 Å². The van der Waals surface area contributed by atoms with Gasteiger partial charge in [-0.25, -0.2) is 14.4 Å². The van der Waals surface area contributed by atoms with Crippen LogP contribution in [0.2, 0.25) is 5.02 Å². The fourth-order valence-electron chi connectivity index (χ4n) is 2.95. The molecule has 138 valence electrons. The molecule has 1 aliphatic rings. The van der Waals surface area contributed by atoms with Crippen LogP contribution in [0.5, 0.6) is 0 Å². The summed E-state index contributed by atoms with van der Waals surface area (Å²) in [5.74, 6) is 0.453. The van der Waals surface area contributed by atoms with Crippen LogP contribution in [0.4, 0.5) is 15.9 Å². The highest BCUT2D eigenvalue weighted by Crippen LogP contribution is 2.20. The van der Waals surface area contributed by atoms with Gasteiger partial charge in [-0.2, -0.15) is 0 Å². The van der Waals surface area contributed by atoms with Crippen LogP contribution in [0.15, 0.2) is 24.3 Å². The first-order valence-electron chi connectivity index (χ1n) is 8.46. The molecule has 26 heavy (non-hydrogen) atoms. The van der Waals surface area contributed by atoms with Crippen molar-refractivity contribution in [2.45, 2.75) is 13.8 Å². The molecule has 8 heteroatoms. The number of halogens is 2. The SMILES string of the molecule is Cc1nc(C)c(F)c(N2CCN(CC(=O)Nc3ccc(Cl)cc3)CC2)n1. The van der Waals surface area contributed by atoms with Gasteiger partial charge in [0.1, 0.15) is 5.82 Å². The van der Waals surface area contributed by atoms with Crippen molar-refractivity contribution in [2.24, 2.45) is 0 Å². The largest absolute Gasteiger partial charge is 0.352 e. The van der Waals surface area contributed by atoms with E-state index in [4.69, 9.17) is 11.6 Å². The molecule has 1 aromatic carbocycles. The van der Waals surface area contributed by atoms with Gasteiger partial charge in [0, 0.05) is 36.9 Å². The van der Waals surface area contributed by atoms with Crippen molar-refractivity contribution < 1.29 is 9.18 Å². The second-order valence-electron chi connectivity index (χ2n) is 6.31. The van der Waals surface area contributed by atoms with Crippen LogP contribution in [-0.2, 0) is 4.79 Å². The molecule has 2 heterocycles. The molecule has 0 unspecified atom stereocenters. The van der Waals surface area contributed by atoms with Crippen molar-refractivity contribution in [2.75, 3.05) is 42.9 Å². The van der Waals surface area contributed by atoms with Crippen LogP contribution < -0.4 is 10.2 Å². The highest BCUT2D eigenvalue weighted by Gasteiger charge is 2.23. The third-order valence-electron chi connectivity index (χ3n) is 4.28. The molecule has 0 bridgehead atoms. The van der Waals surface area contributed by atoms with Crippen LogP contribution >= 0.6 is 11.6 Å². The normalized spacial score (nSPS) is 15.2. The fourth-order valence-corrected chi connectivity index (χ4v) is 3.07. The number of nitrogens with zero attached hydrogens (tertiary/aromatic N) is 4. The predicted molar refractivity (Wildman–Crippen MR) is 100 cm³/mol. The first-order valence-corrected chi connectivity index (χ1v) is 8.83. The van der Waals surface area contributed by atoms with Gasteiger partial charge >= 0.3 is 0 Å². The van der Waals surface area contributed by atoms with E-state index in [1.54, 1.807) is 38.1 Å². The minimum absolute atomic E-state index is 0.0827. The molecule has 0 atom stereocenters. The summed E-state index contributed by atoms with van der Waals surface area (Å²) in [6, 6.07) is 6.99. The highest BCUT2D eigenvalue weighted by molar-refractivity contribution is 6.30. The number of carbonyl (C=O) groups is 1. The number of carbonyl (C=O) groups excluding carboxylic acids is 1. The van der Waals surface area contributed by atoms with E-state index in [9.17, 15) is 9.18 Å². The Morgan fingerprint density at radius 1 is 1.15 bits per heavy atom. The van der Waals surface area contributed by atoms with Crippen molar-refractivity contribution in [3.05, 3.63) is 46.6 Å². The fraction of sp³-hybridized carbons (Fsp3) is 0.389. The first-order chi connectivity index (χ1) is 12.4. The molecule has 1 aromatic heterocycles. The van der Waals surface area contributed by atoms with E-state index in [-0.39, 0.29) is 11.7 Å². The van der Waals surface area contributed by atoms with E-state index in [2.05, 4.69) is 15.3 Å². The molecule has 0 spiro atoms. The minimum Gasteiger partial charge on any atom is -0.352 e. The molecule has 1 fully saturated rings. The third-order valence-corrected chi connectivity index (χ3v) is 4.53. The zero-order valence-electron chi connectivity index (χ0n) is 14.8. The summed E-state index contributed by atoms with van der Waals surface area (Å²) < 4.78 is 14.3. The van der Waals surface area contributed by atoms with Crippen LogP contribution in [-0.4, -0.2) is 53.5 Å². The Kier molecular flexibility index (Phi) is 5.68. The van der Waals surface area contributed by atoms with Gasteiger partial charge in [0.15, 0.2) is 11.6 Å². The first kappa shape index (κ1) is 18.5.